The number of anilines is 1. The predicted octanol–water partition coefficient (Wildman–Crippen LogP) is 3.32. The molecular formula is C22H24N2O5S. The van der Waals surface area contributed by atoms with Crippen LogP contribution in [0.1, 0.15) is 46.1 Å². The normalized spacial score (nSPS) is 13.0. The third-order valence-corrected chi connectivity index (χ3v) is 5.83. The summed E-state index contributed by atoms with van der Waals surface area (Å²) < 4.78 is 10.4. The summed E-state index contributed by atoms with van der Waals surface area (Å²) in [5.41, 5.74) is 7.63. The fourth-order valence-corrected chi connectivity index (χ4v) is 4.58. The summed E-state index contributed by atoms with van der Waals surface area (Å²) in [6.45, 7) is 2.03. The van der Waals surface area contributed by atoms with Gasteiger partial charge in [0.2, 0.25) is 0 Å². The largest absolute Gasteiger partial charge is 0.494 e. The molecule has 0 aliphatic heterocycles. The van der Waals surface area contributed by atoms with Crippen LogP contribution in [0.4, 0.5) is 5.00 Å². The number of rotatable bonds is 8. The van der Waals surface area contributed by atoms with Crippen molar-refractivity contribution < 1.29 is 23.9 Å². The lowest BCUT2D eigenvalue weighted by molar-refractivity contribution is -0.142. The Labute approximate surface area is 178 Å². The number of thiophene rings is 1. The van der Waals surface area contributed by atoms with Crippen LogP contribution >= 0.6 is 11.3 Å². The first-order valence-corrected chi connectivity index (χ1v) is 10.6. The zero-order chi connectivity index (χ0) is 21.5. The van der Waals surface area contributed by atoms with E-state index in [-0.39, 0.29) is 0 Å². The van der Waals surface area contributed by atoms with Crippen molar-refractivity contribution in [3.8, 4) is 5.75 Å². The van der Waals surface area contributed by atoms with E-state index >= 15 is 0 Å². The molecule has 2 aromatic rings. The summed E-state index contributed by atoms with van der Waals surface area (Å²) in [5.74, 6) is -0.960. The van der Waals surface area contributed by atoms with Gasteiger partial charge in [0.1, 0.15) is 10.8 Å². The predicted molar refractivity (Wildman–Crippen MR) is 116 cm³/mol. The molecule has 0 fully saturated rings. The SMILES string of the molecule is CCOc1ccc(/C=C/C(=O)OCC(=O)Nc2sc3c(c2C(N)=O)CCCC3)cc1. The number of carbonyl (C=O) groups excluding carboxylic acids is 3. The second-order valence-electron chi connectivity index (χ2n) is 6.77. The Hall–Kier alpha value is -3.13. The van der Waals surface area contributed by atoms with Gasteiger partial charge < -0.3 is 20.5 Å². The van der Waals surface area contributed by atoms with Crippen molar-refractivity contribution in [2.75, 3.05) is 18.5 Å². The quantitative estimate of drug-likeness (QED) is 0.495. The van der Waals surface area contributed by atoms with Crippen LogP contribution in [0.3, 0.4) is 0 Å². The van der Waals surface area contributed by atoms with Crippen LogP contribution in [0.25, 0.3) is 6.08 Å². The molecule has 3 N–H and O–H groups in total. The van der Waals surface area contributed by atoms with Gasteiger partial charge in [0.15, 0.2) is 6.61 Å². The number of nitrogens with two attached hydrogens (primary N) is 1. The standard InChI is InChI=1S/C22H24N2O5S/c1-2-28-15-10-7-14(8-11-15)9-12-19(26)29-13-18(25)24-22-20(21(23)27)16-5-3-4-6-17(16)30-22/h7-12H,2-6,13H2,1H3,(H2,23,27)(H,24,25)/b12-9+. The number of esters is 1. The lowest BCUT2D eigenvalue weighted by Crippen LogP contribution is -2.22. The van der Waals surface area contributed by atoms with Gasteiger partial charge in [-0.1, -0.05) is 12.1 Å². The number of hydrogen-bond acceptors (Lipinski definition) is 6. The monoisotopic (exact) mass is 428 g/mol. The van der Waals surface area contributed by atoms with Crippen molar-refractivity contribution in [1.29, 1.82) is 0 Å². The van der Waals surface area contributed by atoms with Gasteiger partial charge in [0.05, 0.1) is 12.2 Å². The highest BCUT2D eigenvalue weighted by Crippen LogP contribution is 2.37. The van der Waals surface area contributed by atoms with E-state index in [9.17, 15) is 14.4 Å². The summed E-state index contributed by atoms with van der Waals surface area (Å²) in [4.78, 5) is 37.0. The number of amides is 2. The fourth-order valence-electron chi connectivity index (χ4n) is 3.27. The molecule has 0 unspecified atom stereocenters. The second-order valence-corrected chi connectivity index (χ2v) is 7.88. The molecule has 0 bridgehead atoms. The van der Waals surface area contributed by atoms with E-state index < -0.39 is 24.4 Å². The van der Waals surface area contributed by atoms with Crippen LogP contribution in [0.5, 0.6) is 5.75 Å². The molecule has 1 heterocycles. The summed E-state index contributed by atoms with van der Waals surface area (Å²) in [7, 11) is 0. The van der Waals surface area contributed by atoms with Gasteiger partial charge in [-0.25, -0.2) is 4.79 Å². The maximum absolute atomic E-state index is 12.2. The molecule has 1 aromatic heterocycles. The van der Waals surface area contributed by atoms with Gasteiger partial charge in [-0.05, 0) is 61.9 Å². The molecule has 3 rings (SSSR count). The number of nitrogens with one attached hydrogen (secondary N) is 1. The summed E-state index contributed by atoms with van der Waals surface area (Å²) in [6.07, 6.45) is 6.55. The van der Waals surface area contributed by atoms with E-state index in [0.717, 1.165) is 47.4 Å². The first-order valence-electron chi connectivity index (χ1n) is 9.79. The number of hydrogen-bond donors (Lipinski definition) is 2. The fraction of sp³-hybridized carbons (Fsp3) is 0.318. The third kappa shape index (κ3) is 5.48. The Kier molecular flexibility index (Phi) is 7.24. The Morgan fingerprint density at radius 1 is 1.17 bits per heavy atom. The zero-order valence-corrected chi connectivity index (χ0v) is 17.6. The van der Waals surface area contributed by atoms with E-state index in [1.807, 2.05) is 19.1 Å². The number of primary amides is 1. The molecule has 0 radical (unpaired) electrons. The van der Waals surface area contributed by atoms with E-state index in [4.69, 9.17) is 15.2 Å². The molecule has 2 amide bonds. The van der Waals surface area contributed by atoms with Gasteiger partial charge in [-0.2, -0.15) is 0 Å². The molecule has 1 aliphatic rings. The number of fused-ring (bicyclic) bond motifs is 1. The smallest absolute Gasteiger partial charge is 0.331 e. The van der Waals surface area contributed by atoms with E-state index in [1.54, 1.807) is 18.2 Å². The number of aryl methyl sites for hydroxylation is 1. The van der Waals surface area contributed by atoms with Gasteiger partial charge in [0.25, 0.3) is 11.8 Å². The molecule has 0 saturated carbocycles. The zero-order valence-electron chi connectivity index (χ0n) is 16.7. The lowest BCUT2D eigenvalue weighted by Gasteiger charge is -2.11. The Bertz CT molecular complexity index is 963. The van der Waals surface area contributed by atoms with Crippen LogP contribution in [-0.4, -0.2) is 31.0 Å². The van der Waals surface area contributed by atoms with E-state index in [1.165, 1.54) is 17.4 Å². The minimum absolute atomic E-state index is 0.379. The van der Waals surface area contributed by atoms with Crippen LogP contribution in [0.15, 0.2) is 30.3 Å². The molecule has 1 aliphatic carbocycles. The number of carbonyl (C=O) groups is 3. The molecule has 7 nitrogen and oxygen atoms in total. The lowest BCUT2D eigenvalue weighted by atomic mass is 9.95. The molecule has 0 saturated heterocycles. The molecular weight excluding hydrogens is 404 g/mol. The topological polar surface area (TPSA) is 108 Å². The summed E-state index contributed by atoms with van der Waals surface area (Å²) in [5, 5.41) is 3.09. The second kappa shape index (κ2) is 10.1. The van der Waals surface area contributed by atoms with Crippen molar-refractivity contribution in [2.24, 2.45) is 5.73 Å². The van der Waals surface area contributed by atoms with Crippen molar-refractivity contribution in [1.82, 2.24) is 0 Å². The van der Waals surface area contributed by atoms with Crippen molar-refractivity contribution in [3.05, 3.63) is 51.9 Å². The molecule has 1 aromatic carbocycles. The summed E-state index contributed by atoms with van der Waals surface area (Å²) in [6, 6.07) is 7.23. The Morgan fingerprint density at radius 2 is 1.90 bits per heavy atom. The van der Waals surface area contributed by atoms with Gasteiger partial charge in [-0.3, -0.25) is 9.59 Å². The summed E-state index contributed by atoms with van der Waals surface area (Å²) >= 11 is 1.37. The molecule has 158 valence electrons. The van der Waals surface area contributed by atoms with E-state index in [2.05, 4.69) is 5.32 Å². The van der Waals surface area contributed by atoms with E-state index in [0.29, 0.717) is 17.2 Å². The van der Waals surface area contributed by atoms with Crippen LogP contribution in [0, 0.1) is 0 Å². The van der Waals surface area contributed by atoms with Gasteiger partial charge >= 0.3 is 5.97 Å². The Balaban J connectivity index is 1.54. The minimum atomic E-state index is -0.639. The molecule has 0 atom stereocenters. The number of benzene rings is 1. The maximum Gasteiger partial charge on any atom is 0.331 e. The van der Waals surface area contributed by atoms with Gasteiger partial charge in [0, 0.05) is 11.0 Å². The van der Waals surface area contributed by atoms with Crippen LogP contribution < -0.4 is 15.8 Å². The number of ether oxygens (including phenoxy) is 2. The first-order chi connectivity index (χ1) is 14.5. The molecule has 8 heteroatoms. The average molecular weight is 429 g/mol. The van der Waals surface area contributed by atoms with Gasteiger partial charge in [-0.15, -0.1) is 11.3 Å². The van der Waals surface area contributed by atoms with Crippen molar-refractivity contribution >= 4 is 40.2 Å². The highest BCUT2D eigenvalue weighted by molar-refractivity contribution is 7.17. The first kappa shape index (κ1) is 21.6. The molecule has 0 spiro atoms. The average Bonchev–Trinajstić information content (AvgIpc) is 3.10. The highest BCUT2D eigenvalue weighted by atomic mass is 32.1. The third-order valence-electron chi connectivity index (χ3n) is 4.62. The van der Waals surface area contributed by atoms with Crippen molar-refractivity contribution in [3.63, 3.8) is 0 Å². The van der Waals surface area contributed by atoms with Crippen molar-refractivity contribution in [2.45, 2.75) is 32.6 Å². The molecule has 30 heavy (non-hydrogen) atoms. The highest BCUT2D eigenvalue weighted by Gasteiger charge is 2.25. The van der Waals surface area contributed by atoms with Crippen LogP contribution in [0.2, 0.25) is 0 Å². The Morgan fingerprint density at radius 3 is 2.60 bits per heavy atom. The van der Waals surface area contributed by atoms with Crippen LogP contribution in [-0.2, 0) is 27.2 Å². The maximum atomic E-state index is 12.2. The minimum Gasteiger partial charge on any atom is -0.494 e.